The van der Waals surface area contributed by atoms with E-state index in [1.165, 1.54) is 31.3 Å². The molecule has 4 rings (SSSR count). The molecule has 1 aliphatic rings. The van der Waals surface area contributed by atoms with Crippen LogP contribution in [0.5, 0.6) is 0 Å². The number of carbonyl (C=O) groups excluding carboxylic acids is 3. The second-order valence-corrected chi connectivity index (χ2v) is 11.0. The number of amides is 2. The summed E-state index contributed by atoms with van der Waals surface area (Å²) in [5.74, 6) is -3.22. The Hall–Kier alpha value is -3.70. The van der Waals surface area contributed by atoms with Crippen LogP contribution in [0.3, 0.4) is 0 Å². The van der Waals surface area contributed by atoms with Crippen LogP contribution in [0, 0.1) is 5.82 Å². The minimum atomic E-state index is -3.76. The van der Waals surface area contributed by atoms with Gasteiger partial charge in [-0.2, -0.15) is 0 Å². The normalized spacial score (nSPS) is 14.2. The SMILES string of the molecule is CN=C(N)c1ccc2c(c1)CC(=O)N(c1ccc(CC(=O)CS(=O)(=O)c3cccs3)cc1F)C2=O. The zero-order chi connectivity index (χ0) is 25.3. The van der Waals surface area contributed by atoms with E-state index in [4.69, 9.17) is 5.73 Å². The number of aliphatic imine (C=N–C) groups is 1. The minimum absolute atomic E-state index is 0.0894. The molecule has 11 heteroatoms. The van der Waals surface area contributed by atoms with Crippen LogP contribution < -0.4 is 10.6 Å². The highest BCUT2D eigenvalue weighted by atomic mass is 32.2. The first kappa shape index (κ1) is 24.4. The van der Waals surface area contributed by atoms with Gasteiger partial charge in [-0.15, -0.1) is 11.3 Å². The maximum atomic E-state index is 15.0. The quantitative estimate of drug-likeness (QED) is 0.294. The van der Waals surface area contributed by atoms with Crippen molar-refractivity contribution in [3.05, 3.63) is 82.0 Å². The van der Waals surface area contributed by atoms with E-state index in [1.54, 1.807) is 23.6 Å². The summed E-state index contributed by atoms with van der Waals surface area (Å²) in [6, 6.07) is 11.4. The predicted molar refractivity (Wildman–Crippen MR) is 130 cm³/mol. The monoisotopic (exact) mass is 513 g/mol. The Morgan fingerprint density at radius 1 is 1.17 bits per heavy atom. The Kier molecular flexibility index (Phi) is 6.64. The molecule has 2 N–H and O–H groups in total. The van der Waals surface area contributed by atoms with Crippen LogP contribution in [0.1, 0.15) is 27.0 Å². The summed E-state index contributed by atoms with van der Waals surface area (Å²) in [5.41, 5.74) is 7.08. The summed E-state index contributed by atoms with van der Waals surface area (Å²) < 4.78 is 39.6. The Morgan fingerprint density at radius 2 is 1.94 bits per heavy atom. The van der Waals surface area contributed by atoms with Crippen LogP contribution in [0.4, 0.5) is 10.1 Å². The zero-order valence-corrected chi connectivity index (χ0v) is 20.2. The van der Waals surface area contributed by atoms with Gasteiger partial charge in [0.25, 0.3) is 5.91 Å². The molecule has 0 radical (unpaired) electrons. The Bertz CT molecular complexity index is 1480. The molecular weight excluding hydrogens is 493 g/mol. The molecule has 0 bridgehead atoms. The number of Topliss-reactive ketones (excluding diaryl/α,β-unsaturated/α-hetero) is 1. The van der Waals surface area contributed by atoms with E-state index in [0.717, 1.165) is 22.3 Å². The lowest BCUT2D eigenvalue weighted by Crippen LogP contribution is -2.43. The average molecular weight is 514 g/mol. The van der Waals surface area contributed by atoms with Crippen LogP contribution in [-0.4, -0.2) is 44.7 Å². The molecule has 35 heavy (non-hydrogen) atoms. The van der Waals surface area contributed by atoms with Crippen molar-refractivity contribution < 1.29 is 27.2 Å². The molecule has 0 fully saturated rings. The molecule has 180 valence electrons. The van der Waals surface area contributed by atoms with Crippen molar-refractivity contribution in [2.24, 2.45) is 10.7 Å². The summed E-state index contributed by atoms with van der Waals surface area (Å²) in [5, 5.41) is 1.60. The number of nitrogens with zero attached hydrogens (tertiary/aromatic N) is 2. The van der Waals surface area contributed by atoms with E-state index >= 15 is 0 Å². The van der Waals surface area contributed by atoms with Gasteiger partial charge in [0, 0.05) is 24.6 Å². The number of nitrogens with two attached hydrogens (primary N) is 1. The third-order valence-electron chi connectivity index (χ3n) is 5.47. The van der Waals surface area contributed by atoms with Crippen LogP contribution in [0.2, 0.25) is 0 Å². The number of hydrogen-bond acceptors (Lipinski definition) is 7. The second kappa shape index (κ2) is 9.51. The lowest BCUT2D eigenvalue weighted by atomic mass is 9.95. The Labute approximate surface area is 204 Å². The molecule has 0 spiro atoms. The van der Waals surface area contributed by atoms with Crippen molar-refractivity contribution in [1.82, 2.24) is 0 Å². The van der Waals surface area contributed by atoms with E-state index in [1.807, 2.05) is 0 Å². The number of carbonyl (C=O) groups is 3. The number of fused-ring (bicyclic) bond motifs is 1. The average Bonchev–Trinajstić information content (AvgIpc) is 3.35. The fraction of sp³-hybridized carbons (Fsp3) is 0.167. The molecular formula is C24H20FN3O5S2. The Morgan fingerprint density at radius 3 is 2.60 bits per heavy atom. The number of amidine groups is 1. The minimum Gasteiger partial charge on any atom is -0.384 e. The largest absolute Gasteiger partial charge is 0.384 e. The summed E-state index contributed by atoms with van der Waals surface area (Å²) in [6.07, 6.45) is -0.443. The Balaban J connectivity index is 1.54. The molecule has 0 atom stereocenters. The van der Waals surface area contributed by atoms with E-state index in [-0.39, 0.29) is 39.7 Å². The van der Waals surface area contributed by atoms with Gasteiger partial charge in [-0.3, -0.25) is 19.4 Å². The van der Waals surface area contributed by atoms with Gasteiger partial charge in [0.05, 0.1) is 12.1 Å². The first-order valence-corrected chi connectivity index (χ1v) is 12.9. The van der Waals surface area contributed by atoms with Gasteiger partial charge in [0.15, 0.2) is 15.6 Å². The van der Waals surface area contributed by atoms with Crippen molar-refractivity contribution in [1.29, 1.82) is 0 Å². The van der Waals surface area contributed by atoms with E-state index < -0.39 is 39.0 Å². The third-order valence-corrected chi connectivity index (χ3v) is 8.64. The van der Waals surface area contributed by atoms with Gasteiger partial charge < -0.3 is 5.73 Å². The first-order chi connectivity index (χ1) is 16.6. The van der Waals surface area contributed by atoms with Crippen molar-refractivity contribution in [3.8, 4) is 0 Å². The van der Waals surface area contributed by atoms with Gasteiger partial charge in [-0.25, -0.2) is 17.7 Å². The number of ketones is 1. The smallest absolute Gasteiger partial charge is 0.265 e. The van der Waals surface area contributed by atoms with Gasteiger partial charge in [-0.05, 0) is 46.8 Å². The van der Waals surface area contributed by atoms with Gasteiger partial charge in [0.2, 0.25) is 5.91 Å². The van der Waals surface area contributed by atoms with Gasteiger partial charge in [0.1, 0.15) is 21.6 Å². The van der Waals surface area contributed by atoms with E-state index in [0.29, 0.717) is 11.1 Å². The number of benzene rings is 2. The van der Waals surface area contributed by atoms with E-state index in [9.17, 15) is 27.2 Å². The highest BCUT2D eigenvalue weighted by Crippen LogP contribution is 2.29. The summed E-state index contributed by atoms with van der Waals surface area (Å²) >= 11 is 1.02. The number of sulfone groups is 1. The third kappa shape index (κ3) is 4.91. The summed E-state index contributed by atoms with van der Waals surface area (Å²) in [4.78, 5) is 42.8. The van der Waals surface area contributed by atoms with E-state index in [2.05, 4.69) is 4.99 Å². The fourth-order valence-electron chi connectivity index (χ4n) is 3.80. The van der Waals surface area contributed by atoms with Crippen LogP contribution >= 0.6 is 11.3 Å². The maximum Gasteiger partial charge on any atom is 0.265 e. The van der Waals surface area contributed by atoms with Crippen LogP contribution in [-0.2, 0) is 32.3 Å². The number of halogens is 1. The summed E-state index contributed by atoms with van der Waals surface area (Å²) in [6.45, 7) is 0. The van der Waals surface area contributed by atoms with Crippen molar-refractivity contribution in [2.75, 3.05) is 17.7 Å². The fourth-order valence-corrected chi connectivity index (χ4v) is 6.13. The van der Waals surface area contributed by atoms with Crippen LogP contribution in [0.15, 0.2) is 63.1 Å². The molecule has 2 heterocycles. The standard InChI is InChI=1S/C24H20FN3O5S2/c1-27-23(26)15-5-6-18-16(11-15)12-21(30)28(24(18)31)20-7-4-14(10-19(20)25)9-17(29)13-35(32,33)22-3-2-8-34-22/h2-8,10-11H,9,12-13H2,1H3,(H2,26,27). The number of rotatable bonds is 7. The number of thiophene rings is 1. The molecule has 1 aromatic heterocycles. The lowest BCUT2D eigenvalue weighted by molar-refractivity contribution is -0.118. The van der Waals surface area contributed by atoms with Gasteiger partial charge >= 0.3 is 0 Å². The lowest BCUT2D eigenvalue weighted by Gasteiger charge is -2.27. The number of anilines is 1. The molecule has 0 aliphatic carbocycles. The highest BCUT2D eigenvalue weighted by molar-refractivity contribution is 7.94. The van der Waals surface area contributed by atoms with Crippen molar-refractivity contribution >= 4 is 50.3 Å². The van der Waals surface area contributed by atoms with Crippen molar-refractivity contribution in [2.45, 2.75) is 17.1 Å². The molecule has 0 saturated heterocycles. The molecule has 8 nitrogen and oxygen atoms in total. The van der Waals surface area contributed by atoms with Crippen LogP contribution in [0.25, 0.3) is 0 Å². The molecule has 2 aromatic carbocycles. The second-order valence-electron chi connectivity index (χ2n) is 7.88. The zero-order valence-electron chi connectivity index (χ0n) is 18.5. The molecule has 0 saturated carbocycles. The molecule has 3 aromatic rings. The predicted octanol–water partition coefficient (Wildman–Crippen LogP) is 2.54. The van der Waals surface area contributed by atoms with Crippen molar-refractivity contribution in [3.63, 3.8) is 0 Å². The number of hydrogen-bond donors (Lipinski definition) is 1. The first-order valence-electron chi connectivity index (χ1n) is 10.4. The summed E-state index contributed by atoms with van der Waals surface area (Å²) in [7, 11) is -2.24. The molecule has 1 aliphatic heterocycles. The van der Waals surface area contributed by atoms with Gasteiger partial charge in [-0.1, -0.05) is 18.2 Å². The molecule has 2 amide bonds. The maximum absolute atomic E-state index is 15.0. The number of imide groups is 1. The molecule has 0 unspecified atom stereocenters. The highest BCUT2D eigenvalue weighted by Gasteiger charge is 2.34. The topological polar surface area (TPSA) is 127 Å².